The second-order valence-corrected chi connectivity index (χ2v) is 7.96. The first kappa shape index (κ1) is 20.9. The highest BCUT2D eigenvalue weighted by molar-refractivity contribution is 5.94. The highest BCUT2D eigenvalue weighted by atomic mass is 16.2. The number of nitrogens with one attached hydrogen (secondary N) is 1. The van der Waals surface area contributed by atoms with E-state index in [1.807, 2.05) is 67.2 Å². The van der Waals surface area contributed by atoms with Gasteiger partial charge in [0.05, 0.1) is 6.04 Å². The van der Waals surface area contributed by atoms with E-state index >= 15 is 0 Å². The quantitative estimate of drug-likeness (QED) is 0.713. The summed E-state index contributed by atoms with van der Waals surface area (Å²) in [5.41, 5.74) is 3.97. The van der Waals surface area contributed by atoms with Crippen molar-refractivity contribution in [3.63, 3.8) is 0 Å². The zero-order chi connectivity index (χ0) is 21.0. The van der Waals surface area contributed by atoms with Crippen molar-refractivity contribution in [2.24, 2.45) is 5.92 Å². The highest BCUT2D eigenvalue weighted by Crippen LogP contribution is 2.32. The molecule has 1 atom stereocenters. The first-order chi connectivity index (χ1) is 13.9. The molecular formula is C24H31N3O2. The summed E-state index contributed by atoms with van der Waals surface area (Å²) in [6.07, 6.45) is 2.40. The monoisotopic (exact) mass is 393 g/mol. The third-order valence-corrected chi connectivity index (χ3v) is 5.49. The Morgan fingerprint density at radius 1 is 1.10 bits per heavy atom. The molecule has 29 heavy (non-hydrogen) atoms. The predicted molar refractivity (Wildman–Crippen MR) is 118 cm³/mol. The molecule has 5 heteroatoms. The number of hydrogen-bond acceptors (Lipinski definition) is 3. The zero-order valence-electron chi connectivity index (χ0n) is 17.8. The summed E-state index contributed by atoms with van der Waals surface area (Å²) in [5.74, 6) is 0.356. The van der Waals surface area contributed by atoms with Crippen molar-refractivity contribution in [1.82, 2.24) is 4.90 Å². The fourth-order valence-electron chi connectivity index (χ4n) is 3.56. The van der Waals surface area contributed by atoms with Gasteiger partial charge in [-0.05, 0) is 49.1 Å². The van der Waals surface area contributed by atoms with Crippen LogP contribution in [0.5, 0.6) is 0 Å². The summed E-state index contributed by atoms with van der Waals surface area (Å²) in [4.78, 5) is 29.0. The number of anilines is 2. The minimum absolute atomic E-state index is 0.0385. The largest absolute Gasteiger partial charge is 0.377 e. The smallest absolute Gasteiger partial charge is 0.227 e. The van der Waals surface area contributed by atoms with Crippen LogP contribution >= 0.6 is 0 Å². The van der Waals surface area contributed by atoms with Crippen LogP contribution < -0.4 is 10.2 Å². The van der Waals surface area contributed by atoms with Crippen LogP contribution in [0, 0.1) is 5.92 Å². The summed E-state index contributed by atoms with van der Waals surface area (Å²) < 4.78 is 0. The number of rotatable bonds is 8. The number of amides is 2. The Balaban J connectivity index is 1.90. The van der Waals surface area contributed by atoms with E-state index in [4.69, 9.17) is 0 Å². The second kappa shape index (κ2) is 9.12. The van der Waals surface area contributed by atoms with E-state index in [0.717, 1.165) is 35.3 Å². The number of carbonyl (C=O) groups is 2. The van der Waals surface area contributed by atoms with Crippen LogP contribution in [-0.2, 0) is 16.1 Å². The van der Waals surface area contributed by atoms with Gasteiger partial charge in [-0.3, -0.25) is 9.59 Å². The van der Waals surface area contributed by atoms with Gasteiger partial charge in [-0.2, -0.15) is 0 Å². The number of benzene rings is 2. The van der Waals surface area contributed by atoms with Crippen molar-refractivity contribution in [2.75, 3.05) is 24.3 Å². The van der Waals surface area contributed by atoms with E-state index < -0.39 is 0 Å². The number of hydrogen-bond donors (Lipinski definition) is 1. The van der Waals surface area contributed by atoms with Gasteiger partial charge in [-0.1, -0.05) is 37.3 Å². The minimum Gasteiger partial charge on any atom is -0.377 e. The van der Waals surface area contributed by atoms with E-state index in [0.29, 0.717) is 13.0 Å². The van der Waals surface area contributed by atoms with Gasteiger partial charge < -0.3 is 15.1 Å². The predicted octanol–water partition coefficient (Wildman–Crippen LogP) is 4.60. The van der Waals surface area contributed by atoms with Crippen LogP contribution in [0.25, 0.3) is 0 Å². The van der Waals surface area contributed by atoms with Gasteiger partial charge in [0.25, 0.3) is 0 Å². The molecule has 0 aliphatic heterocycles. The van der Waals surface area contributed by atoms with Gasteiger partial charge in [-0.15, -0.1) is 0 Å². The molecule has 2 aromatic rings. The van der Waals surface area contributed by atoms with Crippen LogP contribution in [0.2, 0.25) is 0 Å². The molecule has 1 N–H and O–H groups in total. The summed E-state index contributed by atoms with van der Waals surface area (Å²) in [6.45, 7) is 4.45. The molecule has 1 aliphatic carbocycles. The fourth-order valence-corrected chi connectivity index (χ4v) is 3.56. The summed E-state index contributed by atoms with van der Waals surface area (Å²) in [5, 5.41) is 3.03. The molecule has 0 heterocycles. The molecule has 3 rings (SSSR count). The molecule has 0 aromatic heterocycles. The maximum atomic E-state index is 12.8. The summed E-state index contributed by atoms with van der Waals surface area (Å²) >= 11 is 0. The maximum Gasteiger partial charge on any atom is 0.227 e. The average Bonchev–Trinajstić information content (AvgIpc) is 3.57. The normalized spacial score (nSPS) is 14.2. The molecule has 1 aliphatic rings. The van der Waals surface area contributed by atoms with Crippen molar-refractivity contribution in [3.05, 3.63) is 59.7 Å². The van der Waals surface area contributed by atoms with Crippen molar-refractivity contribution in [2.45, 2.75) is 45.7 Å². The van der Waals surface area contributed by atoms with Gasteiger partial charge in [0.15, 0.2) is 0 Å². The molecule has 1 saturated carbocycles. The molecule has 2 amide bonds. The molecule has 0 bridgehead atoms. The van der Waals surface area contributed by atoms with Crippen LogP contribution in [0.3, 0.4) is 0 Å². The van der Waals surface area contributed by atoms with Gasteiger partial charge >= 0.3 is 0 Å². The molecule has 154 valence electrons. The molecule has 0 radical (unpaired) electrons. The molecule has 0 unspecified atom stereocenters. The van der Waals surface area contributed by atoms with Gasteiger partial charge in [0, 0.05) is 44.4 Å². The van der Waals surface area contributed by atoms with Crippen molar-refractivity contribution in [1.29, 1.82) is 0 Å². The third-order valence-electron chi connectivity index (χ3n) is 5.49. The lowest BCUT2D eigenvalue weighted by Crippen LogP contribution is -2.33. The van der Waals surface area contributed by atoms with Crippen molar-refractivity contribution >= 4 is 23.2 Å². The summed E-state index contributed by atoms with van der Waals surface area (Å²) in [7, 11) is 3.99. The van der Waals surface area contributed by atoms with E-state index in [9.17, 15) is 9.59 Å². The van der Waals surface area contributed by atoms with E-state index in [1.165, 1.54) is 0 Å². The van der Waals surface area contributed by atoms with Crippen LogP contribution in [0.15, 0.2) is 48.5 Å². The van der Waals surface area contributed by atoms with Gasteiger partial charge in [0.2, 0.25) is 11.8 Å². The topological polar surface area (TPSA) is 52.7 Å². The first-order valence-corrected chi connectivity index (χ1v) is 10.4. The lowest BCUT2D eigenvalue weighted by molar-refractivity contribution is -0.133. The molecule has 2 aromatic carbocycles. The fraction of sp³-hybridized carbons (Fsp3) is 0.417. The average molecular weight is 394 g/mol. The number of carbonyl (C=O) groups excluding carboxylic acids is 2. The lowest BCUT2D eigenvalue weighted by Gasteiger charge is -2.31. The van der Waals surface area contributed by atoms with Crippen LogP contribution in [0.1, 0.15) is 50.3 Å². The molecule has 0 saturated heterocycles. The van der Waals surface area contributed by atoms with Gasteiger partial charge in [-0.25, -0.2) is 0 Å². The highest BCUT2D eigenvalue weighted by Gasteiger charge is 2.30. The number of nitrogens with zero attached hydrogens (tertiary/aromatic N) is 2. The molecule has 0 spiro atoms. The van der Waals surface area contributed by atoms with E-state index in [1.54, 1.807) is 0 Å². The van der Waals surface area contributed by atoms with Crippen molar-refractivity contribution in [3.8, 4) is 0 Å². The Labute approximate surface area is 173 Å². The Morgan fingerprint density at radius 2 is 1.79 bits per heavy atom. The Kier molecular flexibility index (Phi) is 6.57. The Bertz CT molecular complexity index is 860. The van der Waals surface area contributed by atoms with E-state index in [2.05, 4.69) is 24.4 Å². The summed E-state index contributed by atoms with van der Waals surface area (Å²) in [6, 6.07) is 16.0. The van der Waals surface area contributed by atoms with E-state index in [-0.39, 0.29) is 23.8 Å². The first-order valence-electron chi connectivity index (χ1n) is 10.4. The Morgan fingerprint density at radius 3 is 2.38 bits per heavy atom. The van der Waals surface area contributed by atoms with Gasteiger partial charge in [0.1, 0.15) is 0 Å². The lowest BCUT2D eigenvalue weighted by atomic mass is 10.0. The maximum absolute atomic E-state index is 12.8. The Hall–Kier alpha value is -2.82. The standard InChI is InChI=1S/C24H31N3O2/c1-5-23(28)27(17(2)18-9-7-6-8-10-18)16-20-15-21(13-14-22(20)26(3)4)25-24(29)19-11-12-19/h6-10,13-15,17,19H,5,11-12,16H2,1-4H3,(H,25,29)/t17-/m1/s1. The zero-order valence-corrected chi connectivity index (χ0v) is 17.8. The van der Waals surface area contributed by atoms with Crippen LogP contribution in [0.4, 0.5) is 11.4 Å². The van der Waals surface area contributed by atoms with Crippen LogP contribution in [-0.4, -0.2) is 30.8 Å². The molecule has 5 nitrogen and oxygen atoms in total. The second-order valence-electron chi connectivity index (χ2n) is 7.96. The third kappa shape index (κ3) is 5.17. The minimum atomic E-state index is -0.0385. The molecule has 1 fully saturated rings. The van der Waals surface area contributed by atoms with Crippen molar-refractivity contribution < 1.29 is 9.59 Å². The molecular weight excluding hydrogens is 362 g/mol. The SMILES string of the molecule is CCC(=O)N(Cc1cc(NC(=O)C2CC2)ccc1N(C)C)[C@H](C)c1ccccc1.